The number of hydrogen-bond donors (Lipinski definition) is 1. The minimum absolute atomic E-state index is 0.0573. The van der Waals surface area contributed by atoms with Gasteiger partial charge >= 0.3 is 0 Å². The lowest BCUT2D eigenvalue weighted by molar-refractivity contribution is 0.827. The first-order valence-electron chi connectivity index (χ1n) is 2.56. The fourth-order valence-corrected chi connectivity index (χ4v) is 0.354. The molecule has 41 valence electrons. The van der Waals surface area contributed by atoms with Crippen molar-refractivity contribution in [2.24, 2.45) is 0 Å². The van der Waals surface area contributed by atoms with Crippen LogP contribution >= 0.6 is 0 Å². The Morgan fingerprint density at radius 1 is 1.57 bits per heavy atom. The zero-order valence-electron chi connectivity index (χ0n) is 4.62. The second-order valence-corrected chi connectivity index (χ2v) is 1.58. The average molecular weight is 99.2 g/mol. The normalized spacial score (nSPS) is 8.71. The van der Waals surface area contributed by atoms with Crippen LogP contribution < -0.4 is 5.73 Å². The van der Waals surface area contributed by atoms with E-state index >= 15 is 0 Å². The van der Waals surface area contributed by atoms with Gasteiger partial charge in [-0.05, 0) is 6.42 Å². The molecular formula is C5H11N2. The number of rotatable bonds is 3. The highest BCUT2D eigenvalue weighted by Gasteiger charge is 1.85. The van der Waals surface area contributed by atoms with Gasteiger partial charge in [0.15, 0.2) is 0 Å². The van der Waals surface area contributed by atoms with Gasteiger partial charge in [0.1, 0.15) is 5.84 Å². The summed E-state index contributed by atoms with van der Waals surface area (Å²) in [4.78, 5) is 0. The molecular weight excluding hydrogens is 88.1 g/mol. The van der Waals surface area contributed by atoms with Crippen molar-refractivity contribution >= 4 is 5.84 Å². The van der Waals surface area contributed by atoms with Crippen molar-refractivity contribution in [1.82, 2.24) is 5.73 Å². The molecule has 0 aromatic rings. The van der Waals surface area contributed by atoms with Crippen molar-refractivity contribution in [2.45, 2.75) is 26.2 Å². The molecule has 0 unspecified atom stereocenters. The average Bonchev–Trinajstić information content (AvgIpc) is 1.61. The maximum atomic E-state index is 6.66. The van der Waals surface area contributed by atoms with Gasteiger partial charge in [-0.1, -0.05) is 13.3 Å². The van der Waals surface area contributed by atoms with Crippen molar-refractivity contribution in [1.29, 1.82) is 5.41 Å². The van der Waals surface area contributed by atoms with E-state index in [-0.39, 0.29) is 5.84 Å². The molecule has 0 fully saturated rings. The lowest BCUT2D eigenvalue weighted by Crippen LogP contribution is -1.93. The van der Waals surface area contributed by atoms with E-state index in [4.69, 9.17) is 11.1 Å². The molecule has 0 amide bonds. The van der Waals surface area contributed by atoms with E-state index in [0.717, 1.165) is 12.8 Å². The number of hydrogen-bond acceptors (Lipinski definition) is 1. The fourth-order valence-electron chi connectivity index (χ4n) is 0.354. The Labute approximate surface area is 44.2 Å². The van der Waals surface area contributed by atoms with Gasteiger partial charge in [0, 0.05) is 6.42 Å². The van der Waals surface area contributed by atoms with Gasteiger partial charge in [0.2, 0.25) is 0 Å². The van der Waals surface area contributed by atoms with Gasteiger partial charge in [-0.15, -0.1) is 0 Å². The molecule has 0 rings (SSSR count). The molecule has 0 atom stereocenters. The van der Waals surface area contributed by atoms with E-state index in [1.165, 1.54) is 0 Å². The van der Waals surface area contributed by atoms with Gasteiger partial charge in [0.25, 0.3) is 0 Å². The molecule has 0 spiro atoms. The summed E-state index contributed by atoms with van der Waals surface area (Å²) < 4.78 is 0. The molecule has 2 N–H and O–H groups in total. The van der Waals surface area contributed by atoms with Crippen LogP contribution in [0.2, 0.25) is 0 Å². The van der Waals surface area contributed by atoms with Gasteiger partial charge in [-0.25, -0.2) is 0 Å². The first-order valence-corrected chi connectivity index (χ1v) is 2.56. The fraction of sp³-hybridized carbons (Fsp3) is 0.800. The Bertz CT molecular complexity index is 59.1. The molecule has 0 aliphatic carbocycles. The maximum absolute atomic E-state index is 6.66. The third-order valence-corrected chi connectivity index (χ3v) is 0.780. The van der Waals surface area contributed by atoms with Crippen LogP contribution in [-0.4, -0.2) is 5.84 Å². The SMILES string of the molecule is CCCCC([NH])=N. The zero-order valence-corrected chi connectivity index (χ0v) is 4.62. The van der Waals surface area contributed by atoms with Crippen molar-refractivity contribution in [3.05, 3.63) is 0 Å². The summed E-state index contributed by atoms with van der Waals surface area (Å²) in [5.74, 6) is 0.0573. The van der Waals surface area contributed by atoms with Crippen molar-refractivity contribution < 1.29 is 0 Å². The third-order valence-electron chi connectivity index (χ3n) is 0.780. The molecule has 1 radical (unpaired) electrons. The maximum Gasteiger partial charge on any atom is 0.112 e. The molecule has 0 aliphatic rings. The molecule has 0 saturated carbocycles. The summed E-state index contributed by atoms with van der Waals surface area (Å²) in [6.07, 6.45) is 2.72. The van der Waals surface area contributed by atoms with E-state index in [9.17, 15) is 0 Å². The van der Waals surface area contributed by atoms with E-state index in [0.29, 0.717) is 6.42 Å². The predicted molar refractivity (Wildman–Crippen MR) is 30.3 cm³/mol. The third kappa shape index (κ3) is 5.47. The largest absolute Gasteiger partial charge is 0.287 e. The van der Waals surface area contributed by atoms with Crippen molar-refractivity contribution in [3.63, 3.8) is 0 Å². The molecule has 7 heavy (non-hydrogen) atoms. The minimum Gasteiger partial charge on any atom is -0.287 e. The van der Waals surface area contributed by atoms with E-state index < -0.39 is 0 Å². The quantitative estimate of drug-likeness (QED) is 0.411. The molecule has 0 aliphatic heterocycles. The van der Waals surface area contributed by atoms with Crippen LogP contribution in [0, 0.1) is 5.41 Å². The first-order chi connectivity index (χ1) is 3.27. The predicted octanol–water partition coefficient (Wildman–Crippen LogP) is 1.44. The molecule has 2 nitrogen and oxygen atoms in total. The summed E-state index contributed by atoms with van der Waals surface area (Å²) in [6, 6.07) is 0. The molecule has 2 heteroatoms. The van der Waals surface area contributed by atoms with Crippen LogP contribution in [0.15, 0.2) is 0 Å². The van der Waals surface area contributed by atoms with Crippen LogP contribution in [0.5, 0.6) is 0 Å². The second-order valence-electron chi connectivity index (χ2n) is 1.58. The lowest BCUT2D eigenvalue weighted by atomic mass is 10.2. The summed E-state index contributed by atoms with van der Waals surface area (Å²) in [6.45, 7) is 2.06. The van der Waals surface area contributed by atoms with Crippen LogP contribution in [-0.2, 0) is 0 Å². The number of unbranched alkanes of at least 4 members (excludes halogenated alkanes) is 1. The second kappa shape index (κ2) is 3.65. The Morgan fingerprint density at radius 2 is 2.14 bits per heavy atom. The highest BCUT2D eigenvalue weighted by molar-refractivity contribution is 5.75. The van der Waals surface area contributed by atoms with Gasteiger partial charge in [-0.2, -0.15) is 0 Å². The monoisotopic (exact) mass is 99.1 g/mol. The number of nitrogens with one attached hydrogen (secondary N) is 2. The van der Waals surface area contributed by atoms with Gasteiger partial charge < -0.3 is 0 Å². The first kappa shape index (κ1) is 6.47. The van der Waals surface area contributed by atoms with Crippen molar-refractivity contribution in [2.75, 3.05) is 0 Å². The Balaban J connectivity index is 2.82. The van der Waals surface area contributed by atoms with Gasteiger partial charge in [-0.3, -0.25) is 11.1 Å². The van der Waals surface area contributed by atoms with Crippen molar-refractivity contribution in [3.8, 4) is 0 Å². The van der Waals surface area contributed by atoms with Crippen LogP contribution in [0.3, 0.4) is 0 Å². The van der Waals surface area contributed by atoms with E-state index in [1.54, 1.807) is 0 Å². The highest BCUT2D eigenvalue weighted by atomic mass is 14.7. The Kier molecular flexibility index (Phi) is 3.38. The summed E-state index contributed by atoms with van der Waals surface area (Å²) in [5, 5.41) is 6.66. The van der Waals surface area contributed by atoms with Crippen LogP contribution in [0.25, 0.3) is 0 Å². The highest BCUT2D eigenvalue weighted by Crippen LogP contribution is 1.91. The van der Waals surface area contributed by atoms with Crippen LogP contribution in [0.4, 0.5) is 0 Å². The molecule has 0 bridgehead atoms. The minimum atomic E-state index is 0.0573. The standard InChI is InChI=1S/C5H11N2/c1-2-3-4-5(6)7/h6-7H,2-4H2,1H3. The Morgan fingerprint density at radius 3 is 2.29 bits per heavy atom. The van der Waals surface area contributed by atoms with Crippen LogP contribution in [0.1, 0.15) is 26.2 Å². The van der Waals surface area contributed by atoms with E-state index in [2.05, 4.69) is 6.92 Å². The summed E-state index contributed by atoms with van der Waals surface area (Å²) in [5.41, 5.74) is 6.66. The molecule has 0 aromatic carbocycles. The topological polar surface area (TPSA) is 47.7 Å². The summed E-state index contributed by atoms with van der Waals surface area (Å²) >= 11 is 0. The van der Waals surface area contributed by atoms with Gasteiger partial charge in [0.05, 0.1) is 0 Å². The number of amidine groups is 1. The molecule has 0 aromatic heterocycles. The zero-order chi connectivity index (χ0) is 5.70. The smallest absolute Gasteiger partial charge is 0.112 e. The molecule has 0 saturated heterocycles. The Hall–Kier alpha value is -0.530. The lowest BCUT2D eigenvalue weighted by Gasteiger charge is -1.88. The molecule has 0 heterocycles. The summed E-state index contributed by atoms with van der Waals surface area (Å²) in [7, 11) is 0. The van der Waals surface area contributed by atoms with E-state index in [1.807, 2.05) is 0 Å².